The minimum atomic E-state index is -0.304. The van der Waals surface area contributed by atoms with Crippen molar-refractivity contribution >= 4 is 46.1 Å². The van der Waals surface area contributed by atoms with E-state index in [4.69, 9.17) is 39.5 Å². The Morgan fingerprint density at radius 1 is 1.18 bits per heavy atom. The highest BCUT2D eigenvalue weighted by Crippen LogP contribution is 2.40. The zero-order chi connectivity index (χ0) is 12.4. The van der Waals surface area contributed by atoms with Crippen molar-refractivity contribution in [3.63, 3.8) is 0 Å². The van der Waals surface area contributed by atoms with Crippen molar-refractivity contribution in [2.45, 2.75) is 5.38 Å². The summed E-state index contributed by atoms with van der Waals surface area (Å²) in [6.07, 6.45) is 0. The third-order valence-corrected chi connectivity index (χ3v) is 4.44. The highest BCUT2D eigenvalue weighted by Gasteiger charge is 2.17. The maximum Gasteiger partial charge on any atom is 0.124 e. The maximum atomic E-state index is 6.41. The van der Waals surface area contributed by atoms with E-state index < -0.39 is 0 Å². The Hall–Kier alpha value is -0.410. The smallest absolute Gasteiger partial charge is 0.124 e. The van der Waals surface area contributed by atoms with Gasteiger partial charge >= 0.3 is 0 Å². The van der Waals surface area contributed by atoms with E-state index >= 15 is 0 Å². The molecule has 0 fully saturated rings. The van der Waals surface area contributed by atoms with Gasteiger partial charge in [0, 0.05) is 15.5 Å². The summed E-state index contributed by atoms with van der Waals surface area (Å²) in [4.78, 5) is 0.970. The van der Waals surface area contributed by atoms with Gasteiger partial charge in [-0.1, -0.05) is 23.2 Å². The van der Waals surface area contributed by atoms with Crippen molar-refractivity contribution in [1.29, 1.82) is 0 Å². The van der Waals surface area contributed by atoms with E-state index in [2.05, 4.69) is 0 Å². The largest absolute Gasteiger partial charge is 0.496 e. The van der Waals surface area contributed by atoms with Crippen LogP contribution in [0.3, 0.4) is 0 Å². The minimum Gasteiger partial charge on any atom is -0.496 e. The van der Waals surface area contributed by atoms with E-state index in [1.54, 1.807) is 13.2 Å². The standard InChI is InChI=1S/C12H9Cl3OS/c1-16-9-3-2-7(13)6-8(9)12(15)10-4-5-11(14)17-10/h2-6,12H,1H3. The molecule has 0 amide bonds. The Morgan fingerprint density at radius 3 is 2.53 bits per heavy atom. The second-order valence-corrected chi connectivity index (χ2v) is 6.01. The lowest BCUT2D eigenvalue weighted by atomic mass is 10.1. The summed E-state index contributed by atoms with van der Waals surface area (Å²) in [6.45, 7) is 0. The molecule has 0 aliphatic carbocycles. The van der Waals surface area contributed by atoms with Crippen LogP contribution in [0, 0.1) is 0 Å². The molecule has 0 spiro atoms. The fourth-order valence-corrected chi connectivity index (χ4v) is 3.14. The van der Waals surface area contributed by atoms with Crippen LogP contribution < -0.4 is 4.74 Å². The summed E-state index contributed by atoms with van der Waals surface area (Å²) < 4.78 is 5.99. The van der Waals surface area contributed by atoms with Crippen molar-refractivity contribution in [1.82, 2.24) is 0 Å². The fraction of sp³-hybridized carbons (Fsp3) is 0.167. The van der Waals surface area contributed by atoms with Crippen LogP contribution in [0.25, 0.3) is 0 Å². The molecule has 5 heteroatoms. The predicted molar refractivity (Wildman–Crippen MR) is 75.0 cm³/mol. The van der Waals surface area contributed by atoms with Crippen LogP contribution in [0.15, 0.2) is 30.3 Å². The van der Waals surface area contributed by atoms with E-state index in [1.165, 1.54) is 11.3 Å². The Bertz CT molecular complexity index is 524. The molecule has 1 aromatic carbocycles. The summed E-state index contributed by atoms with van der Waals surface area (Å²) >= 11 is 19.7. The average Bonchev–Trinajstić information content (AvgIpc) is 2.75. The predicted octanol–water partition coefficient (Wildman–Crippen LogP) is 5.39. The van der Waals surface area contributed by atoms with Crippen molar-refractivity contribution in [2.24, 2.45) is 0 Å². The first-order valence-corrected chi connectivity index (χ1v) is 6.85. The number of halogens is 3. The topological polar surface area (TPSA) is 9.23 Å². The second kappa shape index (κ2) is 5.49. The van der Waals surface area contributed by atoms with Gasteiger partial charge in [-0.05, 0) is 30.3 Å². The molecule has 1 nitrogen and oxygen atoms in total. The number of rotatable bonds is 3. The molecule has 1 atom stereocenters. The van der Waals surface area contributed by atoms with E-state index in [0.717, 1.165) is 16.2 Å². The molecule has 2 rings (SSSR count). The average molecular weight is 308 g/mol. The molecule has 1 aromatic heterocycles. The number of methoxy groups -OCH3 is 1. The first kappa shape index (κ1) is 13.0. The van der Waals surface area contributed by atoms with Gasteiger partial charge in [-0.15, -0.1) is 22.9 Å². The van der Waals surface area contributed by atoms with Crippen LogP contribution >= 0.6 is 46.1 Å². The minimum absolute atomic E-state index is 0.304. The molecule has 0 N–H and O–H groups in total. The molecule has 1 heterocycles. The Balaban J connectivity index is 2.42. The zero-order valence-corrected chi connectivity index (χ0v) is 12.0. The van der Waals surface area contributed by atoms with Gasteiger partial charge in [-0.25, -0.2) is 0 Å². The molecule has 0 saturated heterocycles. The lowest BCUT2D eigenvalue weighted by molar-refractivity contribution is 0.410. The van der Waals surface area contributed by atoms with Gasteiger partial charge in [0.2, 0.25) is 0 Å². The van der Waals surface area contributed by atoms with E-state index in [-0.39, 0.29) is 5.38 Å². The lowest BCUT2D eigenvalue weighted by Crippen LogP contribution is -1.95. The lowest BCUT2D eigenvalue weighted by Gasteiger charge is -2.13. The van der Waals surface area contributed by atoms with Gasteiger partial charge in [0.25, 0.3) is 0 Å². The zero-order valence-electron chi connectivity index (χ0n) is 8.91. The molecule has 17 heavy (non-hydrogen) atoms. The van der Waals surface area contributed by atoms with Crippen molar-refractivity contribution < 1.29 is 4.74 Å². The van der Waals surface area contributed by atoms with Gasteiger partial charge in [0.15, 0.2) is 0 Å². The van der Waals surface area contributed by atoms with Crippen LogP contribution in [0.2, 0.25) is 9.36 Å². The normalized spacial score (nSPS) is 12.5. The Morgan fingerprint density at radius 2 is 1.94 bits per heavy atom. The molecule has 1 unspecified atom stereocenters. The van der Waals surface area contributed by atoms with Gasteiger partial charge in [-0.2, -0.15) is 0 Å². The summed E-state index contributed by atoms with van der Waals surface area (Å²) in [5.41, 5.74) is 0.847. The second-order valence-electron chi connectivity index (χ2n) is 3.39. The Kier molecular flexibility index (Phi) is 4.21. The number of alkyl halides is 1. The van der Waals surface area contributed by atoms with Crippen molar-refractivity contribution in [3.8, 4) is 5.75 Å². The van der Waals surface area contributed by atoms with Gasteiger partial charge in [-0.3, -0.25) is 0 Å². The van der Waals surface area contributed by atoms with E-state index in [0.29, 0.717) is 9.36 Å². The number of benzene rings is 1. The molecule has 0 radical (unpaired) electrons. The summed E-state index contributed by atoms with van der Waals surface area (Å²) in [5, 5.41) is 0.329. The van der Waals surface area contributed by atoms with Crippen LogP contribution in [-0.2, 0) is 0 Å². The molecular formula is C12H9Cl3OS. The molecule has 0 aliphatic heterocycles. The van der Waals surface area contributed by atoms with Crippen molar-refractivity contribution in [2.75, 3.05) is 7.11 Å². The van der Waals surface area contributed by atoms with Crippen LogP contribution in [0.1, 0.15) is 15.8 Å². The van der Waals surface area contributed by atoms with Gasteiger partial charge in [0.1, 0.15) is 5.75 Å². The first-order chi connectivity index (χ1) is 8.11. The highest BCUT2D eigenvalue weighted by molar-refractivity contribution is 7.16. The molecule has 0 bridgehead atoms. The summed E-state index contributed by atoms with van der Waals surface area (Å²) in [6, 6.07) is 9.13. The Labute approximate surface area is 119 Å². The number of thiophene rings is 1. The number of ether oxygens (including phenoxy) is 1. The quantitative estimate of drug-likeness (QED) is 0.691. The van der Waals surface area contributed by atoms with E-state index in [9.17, 15) is 0 Å². The maximum absolute atomic E-state index is 6.41. The van der Waals surface area contributed by atoms with Gasteiger partial charge in [0.05, 0.1) is 16.8 Å². The molecule has 0 aliphatic rings. The molecular weight excluding hydrogens is 299 g/mol. The molecule has 2 aromatic rings. The van der Waals surface area contributed by atoms with Crippen molar-refractivity contribution in [3.05, 3.63) is 50.1 Å². The molecule has 0 saturated carbocycles. The van der Waals surface area contributed by atoms with E-state index in [1.807, 2.05) is 24.3 Å². The monoisotopic (exact) mass is 306 g/mol. The van der Waals surface area contributed by atoms with Gasteiger partial charge < -0.3 is 4.74 Å². The summed E-state index contributed by atoms with van der Waals surface area (Å²) in [7, 11) is 1.61. The first-order valence-electron chi connectivity index (χ1n) is 4.84. The summed E-state index contributed by atoms with van der Waals surface area (Å²) in [5.74, 6) is 0.721. The molecule has 90 valence electrons. The van der Waals surface area contributed by atoms with Crippen LogP contribution in [0.4, 0.5) is 0 Å². The van der Waals surface area contributed by atoms with Crippen LogP contribution in [-0.4, -0.2) is 7.11 Å². The highest BCUT2D eigenvalue weighted by atomic mass is 35.5. The third-order valence-electron chi connectivity index (χ3n) is 2.31. The third kappa shape index (κ3) is 2.89. The SMILES string of the molecule is COc1ccc(Cl)cc1C(Cl)c1ccc(Cl)s1. The number of hydrogen-bond donors (Lipinski definition) is 0. The van der Waals surface area contributed by atoms with Crippen LogP contribution in [0.5, 0.6) is 5.75 Å². The fourth-order valence-electron chi connectivity index (χ4n) is 1.52. The number of hydrogen-bond acceptors (Lipinski definition) is 2.